The molecule has 0 radical (unpaired) electrons. The molecule has 1 aromatic rings. The van der Waals surface area contributed by atoms with Crippen LogP contribution in [0.3, 0.4) is 0 Å². The van der Waals surface area contributed by atoms with Gasteiger partial charge in [-0.1, -0.05) is 0 Å². The molecular formula is C16H22N2O3S. The van der Waals surface area contributed by atoms with E-state index in [2.05, 4.69) is 10.2 Å². The van der Waals surface area contributed by atoms with Gasteiger partial charge < -0.3 is 10.1 Å². The molecule has 6 heteroatoms. The number of nitrogens with one attached hydrogen (secondary N) is 1. The van der Waals surface area contributed by atoms with Crippen LogP contribution in [0.1, 0.15) is 47.0 Å². The Morgan fingerprint density at radius 3 is 2.68 bits per heavy atom. The number of rotatable bonds is 5. The van der Waals surface area contributed by atoms with E-state index in [9.17, 15) is 9.59 Å². The third kappa shape index (κ3) is 3.17. The number of hydrogen-bond donors (Lipinski definition) is 1. The Hall–Kier alpha value is -1.40. The van der Waals surface area contributed by atoms with Crippen molar-refractivity contribution in [3.05, 3.63) is 16.0 Å². The predicted molar refractivity (Wildman–Crippen MR) is 86.6 cm³/mol. The van der Waals surface area contributed by atoms with Crippen molar-refractivity contribution in [1.29, 1.82) is 0 Å². The van der Waals surface area contributed by atoms with Crippen LogP contribution < -0.4 is 5.32 Å². The van der Waals surface area contributed by atoms with Gasteiger partial charge in [-0.25, -0.2) is 4.79 Å². The summed E-state index contributed by atoms with van der Waals surface area (Å²) in [6.07, 6.45) is 5.30. The highest BCUT2D eigenvalue weighted by Crippen LogP contribution is 2.38. The van der Waals surface area contributed by atoms with Crippen LogP contribution >= 0.6 is 11.3 Å². The lowest BCUT2D eigenvalue weighted by Crippen LogP contribution is -2.42. The number of hydrogen-bond acceptors (Lipinski definition) is 5. The molecule has 1 aromatic heterocycles. The van der Waals surface area contributed by atoms with E-state index in [-0.39, 0.29) is 11.9 Å². The average Bonchev–Trinajstić information content (AvgIpc) is 2.81. The third-order valence-electron chi connectivity index (χ3n) is 4.22. The summed E-state index contributed by atoms with van der Waals surface area (Å²) in [7, 11) is 0. The van der Waals surface area contributed by atoms with Gasteiger partial charge in [0, 0.05) is 4.88 Å². The summed E-state index contributed by atoms with van der Waals surface area (Å²) in [5, 5.41) is 3.62. The molecule has 1 saturated heterocycles. The van der Waals surface area contributed by atoms with Crippen LogP contribution in [-0.2, 0) is 22.4 Å². The summed E-state index contributed by atoms with van der Waals surface area (Å²) in [5.74, 6) is -0.343. The number of carbonyl (C=O) groups is 2. The summed E-state index contributed by atoms with van der Waals surface area (Å²) < 4.78 is 5.19. The Balaban J connectivity index is 1.80. The molecule has 0 saturated carbocycles. The minimum atomic E-state index is -0.304. The van der Waals surface area contributed by atoms with Crippen molar-refractivity contribution in [3.8, 4) is 0 Å². The largest absolute Gasteiger partial charge is 0.462 e. The van der Waals surface area contributed by atoms with Crippen molar-refractivity contribution in [2.45, 2.75) is 39.0 Å². The van der Waals surface area contributed by atoms with Crippen molar-refractivity contribution in [1.82, 2.24) is 4.90 Å². The van der Waals surface area contributed by atoms with Gasteiger partial charge >= 0.3 is 5.97 Å². The molecule has 5 nitrogen and oxygen atoms in total. The van der Waals surface area contributed by atoms with Gasteiger partial charge in [0.05, 0.1) is 18.7 Å². The second kappa shape index (κ2) is 6.79. The summed E-state index contributed by atoms with van der Waals surface area (Å²) in [5.41, 5.74) is 1.69. The molecule has 2 heterocycles. The average molecular weight is 322 g/mol. The second-order valence-corrected chi connectivity index (χ2v) is 6.92. The summed E-state index contributed by atoms with van der Waals surface area (Å²) in [4.78, 5) is 27.8. The molecule has 0 unspecified atom stereocenters. The first-order chi connectivity index (χ1) is 10.7. The number of nitrogens with zero attached hydrogens (tertiary/aromatic N) is 1. The number of aryl methyl sites for hydroxylation is 1. The lowest BCUT2D eigenvalue weighted by Gasteiger charge is -2.29. The highest BCUT2D eigenvalue weighted by atomic mass is 32.1. The Labute approximate surface area is 134 Å². The number of ether oxygens (including phenoxy) is 1. The Morgan fingerprint density at radius 1 is 1.23 bits per heavy atom. The number of anilines is 1. The van der Waals surface area contributed by atoms with Gasteiger partial charge in [-0.3, -0.25) is 9.69 Å². The first-order valence-electron chi connectivity index (χ1n) is 8.03. The van der Waals surface area contributed by atoms with Crippen LogP contribution in [0.2, 0.25) is 0 Å². The van der Waals surface area contributed by atoms with Gasteiger partial charge in [-0.15, -0.1) is 11.3 Å². The first kappa shape index (κ1) is 15.5. The van der Waals surface area contributed by atoms with E-state index in [0.717, 1.165) is 50.8 Å². The van der Waals surface area contributed by atoms with Gasteiger partial charge in [-0.2, -0.15) is 0 Å². The summed E-state index contributed by atoms with van der Waals surface area (Å²) in [6, 6.07) is 0. The topological polar surface area (TPSA) is 58.6 Å². The van der Waals surface area contributed by atoms with E-state index in [1.807, 2.05) is 0 Å². The van der Waals surface area contributed by atoms with Crippen molar-refractivity contribution >= 4 is 28.2 Å². The SMILES string of the molecule is CCOC(=O)c1c(NC(=O)CN2CCC2)sc2c1CCCC2. The van der Waals surface area contributed by atoms with Crippen LogP contribution in [0.4, 0.5) is 5.00 Å². The van der Waals surface area contributed by atoms with E-state index >= 15 is 0 Å². The maximum Gasteiger partial charge on any atom is 0.341 e. The number of esters is 1. The van der Waals surface area contributed by atoms with Gasteiger partial charge in [0.25, 0.3) is 0 Å². The maximum atomic E-state index is 12.3. The molecule has 1 aliphatic heterocycles. The fourth-order valence-electron chi connectivity index (χ4n) is 2.98. The Bertz CT molecular complexity index is 578. The van der Waals surface area contributed by atoms with Crippen molar-refractivity contribution in [2.75, 3.05) is 31.6 Å². The molecule has 0 bridgehead atoms. The van der Waals surface area contributed by atoms with Crippen LogP contribution in [0, 0.1) is 0 Å². The molecular weight excluding hydrogens is 300 g/mol. The van der Waals surface area contributed by atoms with E-state index in [1.165, 1.54) is 4.88 Å². The van der Waals surface area contributed by atoms with E-state index in [4.69, 9.17) is 4.74 Å². The molecule has 1 amide bonds. The van der Waals surface area contributed by atoms with Gasteiger partial charge in [0.1, 0.15) is 5.00 Å². The number of likely N-dealkylation sites (tertiary alicyclic amines) is 1. The van der Waals surface area contributed by atoms with Crippen LogP contribution in [0.25, 0.3) is 0 Å². The summed E-state index contributed by atoms with van der Waals surface area (Å²) in [6.45, 7) is 4.53. The third-order valence-corrected chi connectivity index (χ3v) is 5.43. The molecule has 1 fully saturated rings. The highest BCUT2D eigenvalue weighted by molar-refractivity contribution is 7.17. The van der Waals surface area contributed by atoms with Gasteiger partial charge in [-0.05, 0) is 57.7 Å². The molecule has 0 aromatic carbocycles. The lowest BCUT2D eigenvalue weighted by molar-refractivity contribution is -0.118. The van der Waals surface area contributed by atoms with Crippen molar-refractivity contribution in [3.63, 3.8) is 0 Å². The Morgan fingerprint density at radius 2 is 2.00 bits per heavy atom. The fraction of sp³-hybridized carbons (Fsp3) is 0.625. The van der Waals surface area contributed by atoms with E-state index < -0.39 is 0 Å². The first-order valence-corrected chi connectivity index (χ1v) is 8.84. The molecule has 120 valence electrons. The molecule has 0 atom stereocenters. The van der Waals surface area contributed by atoms with Gasteiger partial charge in [0.2, 0.25) is 5.91 Å². The monoisotopic (exact) mass is 322 g/mol. The number of thiophene rings is 1. The van der Waals surface area contributed by atoms with Gasteiger partial charge in [0.15, 0.2) is 0 Å². The van der Waals surface area contributed by atoms with Crippen molar-refractivity contribution < 1.29 is 14.3 Å². The molecule has 2 aliphatic rings. The summed E-state index contributed by atoms with van der Waals surface area (Å²) >= 11 is 1.55. The normalized spacial score (nSPS) is 17.5. The van der Waals surface area contributed by atoms with Crippen LogP contribution in [-0.4, -0.2) is 43.0 Å². The second-order valence-electron chi connectivity index (χ2n) is 5.81. The molecule has 1 N–H and O–H groups in total. The number of fused-ring (bicyclic) bond motifs is 1. The maximum absolute atomic E-state index is 12.3. The lowest BCUT2D eigenvalue weighted by atomic mass is 9.95. The predicted octanol–water partition coefficient (Wildman–Crippen LogP) is 2.45. The smallest absolute Gasteiger partial charge is 0.341 e. The van der Waals surface area contributed by atoms with E-state index in [0.29, 0.717) is 23.7 Å². The zero-order chi connectivity index (χ0) is 15.5. The standard InChI is InChI=1S/C16H22N2O3S/c1-2-21-16(20)14-11-6-3-4-7-12(11)22-15(14)17-13(19)10-18-8-5-9-18/h2-10H2,1H3,(H,17,19). The van der Waals surface area contributed by atoms with Crippen LogP contribution in [0.15, 0.2) is 0 Å². The zero-order valence-corrected chi connectivity index (χ0v) is 13.8. The quantitative estimate of drug-likeness (QED) is 0.846. The minimum absolute atomic E-state index is 0.0381. The zero-order valence-electron chi connectivity index (χ0n) is 12.9. The minimum Gasteiger partial charge on any atom is -0.462 e. The molecule has 1 aliphatic carbocycles. The highest BCUT2D eigenvalue weighted by Gasteiger charge is 2.27. The molecule has 0 spiro atoms. The van der Waals surface area contributed by atoms with Crippen molar-refractivity contribution in [2.24, 2.45) is 0 Å². The van der Waals surface area contributed by atoms with Crippen LogP contribution in [0.5, 0.6) is 0 Å². The Kier molecular flexibility index (Phi) is 4.78. The number of amides is 1. The fourth-order valence-corrected chi connectivity index (χ4v) is 4.28. The number of carbonyl (C=O) groups excluding carboxylic acids is 2. The van der Waals surface area contributed by atoms with E-state index in [1.54, 1.807) is 18.3 Å². The molecule has 3 rings (SSSR count). The molecule has 22 heavy (non-hydrogen) atoms.